The molecule has 0 aliphatic rings. The van der Waals surface area contributed by atoms with E-state index in [-0.39, 0.29) is 23.5 Å². The average Bonchev–Trinajstić information content (AvgIpc) is 3.41. The number of amides is 1. The third-order valence-corrected chi connectivity index (χ3v) is 9.00. The van der Waals surface area contributed by atoms with Crippen LogP contribution in [0.2, 0.25) is 0 Å². The third kappa shape index (κ3) is 15.4. The van der Waals surface area contributed by atoms with Gasteiger partial charge in [-0.15, -0.1) is 0 Å². The topological polar surface area (TPSA) is 152 Å². The highest BCUT2D eigenvalue weighted by atomic mass is 16.5. The highest BCUT2D eigenvalue weighted by molar-refractivity contribution is 5.78. The Morgan fingerprint density at radius 3 is 2.14 bits per heavy atom. The number of ether oxygens (including phenoxy) is 1. The van der Waals surface area contributed by atoms with Gasteiger partial charge < -0.3 is 31.6 Å². The van der Waals surface area contributed by atoms with E-state index in [4.69, 9.17) is 26.4 Å². The van der Waals surface area contributed by atoms with Crippen molar-refractivity contribution >= 4 is 17.4 Å². The quantitative estimate of drug-likeness (QED) is 0.0698. The molecule has 1 amide bonds. The summed E-state index contributed by atoms with van der Waals surface area (Å²) in [5, 5.41) is 14.8. The first-order chi connectivity index (χ1) is 23.4. The minimum absolute atomic E-state index is 0.0134. The number of aliphatic hydroxyl groups is 1. The number of aliphatic hydroxyl groups excluding tert-OH is 1. The Bertz CT molecular complexity index is 1420. The van der Waals surface area contributed by atoms with Crippen molar-refractivity contribution < 1.29 is 14.6 Å². The van der Waals surface area contributed by atoms with Crippen LogP contribution in [0.5, 0.6) is 5.75 Å². The number of hydrazine groups is 1. The maximum atomic E-state index is 11.9. The van der Waals surface area contributed by atoms with Gasteiger partial charge in [0.25, 0.3) is 5.91 Å². The van der Waals surface area contributed by atoms with Crippen molar-refractivity contribution in [2.75, 3.05) is 25.1 Å². The van der Waals surface area contributed by atoms with E-state index < -0.39 is 0 Å². The van der Waals surface area contributed by atoms with E-state index >= 15 is 0 Å². The van der Waals surface area contributed by atoms with Gasteiger partial charge in [-0.1, -0.05) is 74.8 Å². The van der Waals surface area contributed by atoms with Crippen LogP contribution in [0.1, 0.15) is 102 Å². The van der Waals surface area contributed by atoms with E-state index in [1.54, 1.807) is 6.20 Å². The lowest BCUT2D eigenvalue weighted by Crippen LogP contribution is -2.33. The number of hydrogen-bond donors (Lipinski definition) is 6. The highest BCUT2D eigenvalue weighted by Gasteiger charge is 2.30. The fraction of sp³-hybridized carbons (Fsp3) is 0.600. The number of hydrogen-bond acceptors (Lipinski definition) is 8. The summed E-state index contributed by atoms with van der Waals surface area (Å²) in [6.07, 6.45) is 6.77. The molecule has 0 radical (unpaired) electrons. The van der Waals surface area contributed by atoms with Gasteiger partial charge in [-0.05, 0) is 93.7 Å². The average molecular weight is 696 g/mol. The van der Waals surface area contributed by atoms with Gasteiger partial charge in [0, 0.05) is 47.8 Å². The molecule has 2 atom stereocenters. The molecule has 10 heteroatoms. The normalized spacial score (nSPS) is 13.2. The largest absolute Gasteiger partial charge is 0.484 e. The Labute approximate surface area is 302 Å². The summed E-state index contributed by atoms with van der Waals surface area (Å²) in [5.74, 6) is 9.11. The molecule has 50 heavy (non-hydrogen) atoms. The zero-order valence-corrected chi connectivity index (χ0v) is 33.1. The summed E-state index contributed by atoms with van der Waals surface area (Å²) >= 11 is 0. The van der Waals surface area contributed by atoms with Crippen molar-refractivity contribution in [3.05, 3.63) is 60.6 Å². The molecule has 3 rings (SSSR count). The molecule has 0 spiro atoms. The van der Waals surface area contributed by atoms with Gasteiger partial charge in [-0.25, -0.2) is 4.98 Å². The fourth-order valence-electron chi connectivity index (χ4n) is 4.88. The molecule has 0 aliphatic carbocycles. The first-order valence-corrected chi connectivity index (χ1v) is 18.2. The van der Waals surface area contributed by atoms with Gasteiger partial charge in [0.15, 0.2) is 6.61 Å². The van der Waals surface area contributed by atoms with Crippen molar-refractivity contribution in [3.8, 4) is 17.0 Å². The Morgan fingerprint density at radius 1 is 1.00 bits per heavy atom. The number of pyridine rings is 1. The second-order valence-electron chi connectivity index (χ2n) is 15.5. The maximum absolute atomic E-state index is 11.9. The number of nitrogens with two attached hydrogens (primary N) is 2. The van der Waals surface area contributed by atoms with E-state index in [0.29, 0.717) is 42.6 Å². The smallest absolute Gasteiger partial charge is 0.257 e. The number of aromatic nitrogens is 2. The second-order valence-corrected chi connectivity index (χ2v) is 15.5. The van der Waals surface area contributed by atoms with Crippen molar-refractivity contribution in [1.29, 1.82) is 0 Å². The molecular formula is C40H69N7O3. The van der Waals surface area contributed by atoms with E-state index in [0.717, 1.165) is 41.3 Å². The van der Waals surface area contributed by atoms with E-state index in [1.807, 2.05) is 48.7 Å². The van der Waals surface area contributed by atoms with Crippen LogP contribution in [-0.2, 0) is 4.79 Å². The lowest BCUT2D eigenvalue weighted by Gasteiger charge is -2.35. The van der Waals surface area contributed by atoms with Gasteiger partial charge in [-0.2, -0.15) is 0 Å². The third-order valence-electron chi connectivity index (χ3n) is 9.00. The number of carbonyl (C=O) groups excluding carboxylic acids is 1. The highest BCUT2D eigenvalue weighted by Crippen LogP contribution is 2.36. The van der Waals surface area contributed by atoms with Crippen LogP contribution in [0.15, 0.2) is 60.6 Å². The number of fused-ring (bicyclic) bond motifs is 1. The fourth-order valence-corrected chi connectivity index (χ4v) is 4.88. The monoisotopic (exact) mass is 696 g/mol. The summed E-state index contributed by atoms with van der Waals surface area (Å²) < 4.78 is 7.69. The minimum Gasteiger partial charge on any atom is -0.484 e. The lowest BCUT2D eigenvalue weighted by atomic mass is 9.72. The van der Waals surface area contributed by atoms with Crippen molar-refractivity contribution in [3.63, 3.8) is 0 Å². The Hall–Kier alpha value is -3.76. The van der Waals surface area contributed by atoms with Crippen LogP contribution in [0, 0.1) is 29.1 Å². The van der Waals surface area contributed by atoms with E-state index in [1.165, 1.54) is 6.42 Å². The SMILES string of the molecule is CC(C)C(C)C(C)(C)/C(N)=C/NN.CC(C)CCNC(=O)COc1ccc(-c2nc3ccccn3c2NC(C)(C)C)cc1.CCC(C)CCO. The van der Waals surface area contributed by atoms with Crippen LogP contribution in [0.4, 0.5) is 5.82 Å². The summed E-state index contributed by atoms with van der Waals surface area (Å²) in [7, 11) is 0. The zero-order chi connectivity index (χ0) is 38.1. The number of nitrogens with zero attached hydrogens (tertiary/aromatic N) is 2. The summed E-state index contributed by atoms with van der Waals surface area (Å²) in [6.45, 7) is 26.9. The maximum Gasteiger partial charge on any atom is 0.257 e. The van der Waals surface area contributed by atoms with Crippen LogP contribution in [-0.4, -0.2) is 45.7 Å². The van der Waals surface area contributed by atoms with Crippen molar-refractivity contribution in [1.82, 2.24) is 20.1 Å². The Kier molecular flexibility index (Phi) is 19.0. The van der Waals surface area contributed by atoms with Gasteiger partial charge in [0.1, 0.15) is 22.9 Å². The minimum atomic E-state index is -0.105. The number of allylic oxidation sites excluding steroid dienone is 1. The molecule has 0 bridgehead atoms. The first kappa shape index (κ1) is 44.3. The van der Waals surface area contributed by atoms with Crippen LogP contribution in [0.3, 0.4) is 0 Å². The van der Waals surface area contributed by atoms with Crippen molar-refractivity contribution in [2.24, 2.45) is 40.7 Å². The number of imidazole rings is 1. The van der Waals surface area contributed by atoms with E-state index in [9.17, 15) is 4.79 Å². The van der Waals surface area contributed by atoms with Gasteiger partial charge >= 0.3 is 0 Å². The molecule has 0 fully saturated rings. The predicted octanol–water partition coefficient (Wildman–Crippen LogP) is 7.74. The Morgan fingerprint density at radius 2 is 1.64 bits per heavy atom. The first-order valence-electron chi connectivity index (χ1n) is 18.2. The molecule has 2 aromatic heterocycles. The number of anilines is 1. The predicted molar refractivity (Wildman–Crippen MR) is 210 cm³/mol. The summed E-state index contributed by atoms with van der Waals surface area (Å²) in [5.41, 5.74) is 11.8. The molecule has 0 aliphatic heterocycles. The van der Waals surface area contributed by atoms with Gasteiger partial charge in [-0.3, -0.25) is 15.0 Å². The van der Waals surface area contributed by atoms with Gasteiger partial charge in [0.2, 0.25) is 0 Å². The molecule has 2 unspecified atom stereocenters. The molecular weight excluding hydrogens is 626 g/mol. The standard InChI is InChI=1S/C24H32N4O2.C10H23N3.C6H14O/c1-17(2)13-14-25-21(29)16-30-19-11-9-18(10-12-19)22-23(27-24(3,4)5)28-15-7-6-8-20(28)26-22;1-7(2)8(3)10(4,5)9(11)6-13-12;1-3-6(2)4-5-7/h6-12,15,17,27H,13-14,16H2,1-5H3,(H,25,29);6-8,13H,11-12H2,1-5H3;6-7H,3-5H2,1-2H3/b;9-6-;. The van der Waals surface area contributed by atoms with Crippen LogP contribution < -0.4 is 32.4 Å². The van der Waals surface area contributed by atoms with Crippen molar-refractivity contribution in [2.45, 2.75) is 108 Å². The number of benzene rings is 1. The van der Waals surface area contributed by atoms with Crippen LogP contribution >= 0.6 is 0 Å². The van der Waals surface area contributed by atoms with Crippen LogP contribution in [0.25, 0.3) is 16.9 Å². The van der Waals surface area contributed by atoms with Gasteiger partial charge in [0.05, 0.1) is 0 Å². The number of carbonyl (C=O) groups is 1. The van der Waals surface area contributed by atoms with E-state index in [2.05, 4.69) is 104 Å². The number of rotatable bonds is 15. The lowest BCUT2D eigenvalue weighted by molar-refractivity contribution is -0.123. The molecule has 2 heterocycles. The molecule has 0 saturated carbocycles. The summed E-state index contributed by atoms with van der Waals surface area (Å²) in [4.78, 5) is 16.7. The molecule has 0 saturated heterocycles. The summed E-state index contributed by atoms with van der Waals surface area (Å²) in [6, 6.07) is 13.7. The second kappa shape index (κ2) is 21.5. The number of nitrogens with one attached hydrogen (secondary N) is 3. The molecule has 10 nitrogen and oxygen atoms in total. The Balaban J connectivity index is 0.000000516. The molecule has 3 aromatic rings. The molecule has 1 aromatic carbocycles. The zero-order valence-electron chi connectivity index (χ0n) is 33.1. The molecule has 8 N–H and O–H groups in total. The molecule has 282 valence electrons.